The van der Waals surface area contributed by atoms with Gasteiger partial charge in [-0.2, -0.15) is 0 Å². The van der Waals surface area contributed by atoms with Crippen LogP contribution in [0.25, 0.3) is 0 Å². The number of carbonyl (C=O) groups is 2. The summed E-state index contributed by atoms with van der Waals surface area (Å²) < 4.78 is 11.0. The number of anilines is 2. The lowest BCUT2D eigenvalue weighted by molar-refractivity contribution is -0.121. The molecule has 6 nitrogen and oxygen atoms in total. The number of nitrogens with zero attached hydrogens (tertiary/aromatic N) is 1. The molecule has 0 unspecified atom stereocenters. The molecule has 1 aliphatic heterocycles. The van der Waals surface area contributed by atoms with Crippen LogP contribution in [0.1, 0.15) is 30.9 Å². The van der Waals surface area contributed by atoms with E-state index in [0.717, 1.165) is 5.56 Å². The van der Waals surface area contributed by atoms with Crippen LogP contribution in [0, 0.1) is 6.92 Å². The van der Waals surface area contributed by atoms with E-state index in [4.69, 9.17) is 9.47 Å². The van der Waals surface area contributed by atoms with E-state index in [9.17, 15) is 9.59 Å². The van der Waals surface area contributed by atoms with Gasteiger partial charge >= 0.3 is 0 Å². The molecular formula is C21H24N2O4. The van der Waals surface area contributed by atoms with Crippen molar-refractivity contribution in [2.24, 2.45) is 0 Å². The lowest BCUT2D eigenvalue weighted by Crippen LogP contribution is -2.35. The van der Waals surface area contributed by atoms with Gasteiger partial charge in [-0.1, -0.05) is 19.9 Å². The summed E-state index contributed by atoms with van der Waals surface area (Å²) in [6.45, 7) is 6.26. The maximum absolute atomic E-state index is 12.2. The number of amides is 2. The van der Waals surface area contributed by atoms with E-state index in [0.29, 0.717) is 28.8 Å². The van der Waals surface area contributed by atoms with E-state index in [1.165, 1.54) is 10.5 Å². The minimum absolute atomic E-state index is 0.0259. The van der Waals surface area contributed by atoms with Gasteiger partial charge < -0.3 is 19.7 Å². The third-order valence-electron chi connectivity index (χ3n) is 4.56. The Hall–Kier alpha value is -3.02. The van der Waals surface area contributed by atoms with E-state index in [2.05, 4.69) is 19.2 Å². The third kappa shape index (κ3) is 4.22. The Kier molecular flexibility index (Phi) is 5.35. The molecule has 0 fully saturated rings. The van der Waals surface area contributed by atoms with Crippen molar-refractivity contribution in [2.45, 2.75) is 26.7 Å². The van der Waals surface area contributed by atoms with E-state index in [-0.39, 0.29) is 25.0 Å². The smallest absolute Gasteiger partial charge is 0.264 e. The number of fused-ring (bicyclic) bond motifs is 1. The van der Waals surface area contributed by atoms with Crippen LogP contribution in [0.2, 0.25) is 0 Å². The zero-order chi connectivity index (χ0) is 19.6. The standard InChI is InChI=1S/C21H24N2O4/c1-13(2)17-7-6-16(9-14(17)3)26-11-20(24)22-15-5-8-19-18(10-15)23(4)21(25)12-27-19/h5-10,13H,11-12H2,1-4H3,(H,22,24). The molecule has 0 spiro atoms. The molecule has 1 aliphatic rings. The second-order valence-electron chi connectivity index (χ2n) is 6.93. The second kappa shape index (κ2) is 7.70. The zero-order valence-electron chi connectivity index (χ0n) is 16.0. The van der Waals surface area contributed by atoms with Gasteiger partial charge in [0, 0.05) is 12.7 Å². The SMILES string of the molecule is Cc1cc(OCC(=O)Nc2ccc3c(c2)N(C)C(=O)CO3)ccc1C(C)C. The predicted molar refractivity (Wildman–Crippen MR) is 105 cm³/mol. The van der Waals surface area contributed by atoms with Crippen molar-refractivity contribution in [3.05, 3.63) is 47.5 Å². The molecule has 2 aromatic rings. The van der Waals surface area contributed by atoms with Crippen LogP contribution < -0.4 is 19.7 Å². The van der Waals surface area contributed by atoms with E-state index in [1.54, 1.807) is 25.2 Å². The Bertz CT molecular complexity index is 876. The molecule has 0 radical (unpaired) electrons. The summed E-state index contributed by atoms with van der Waals surface area (Å²) in [7, 11) is 1.68. The quantitative estimate of drug-likeness (QED) is 0.877. The fraction of sp³-hybridized carbons (Fsp3) is 0.333. The minimum Gasteiger partial charge on any atom is -0.484 e. The lowest BCUT2D eigenvalue weighted by atomic mass is 9.98. The average Bonchev–Trinajstić information content (AvgIpc) is 2.63. The van der Waals surface area contributed by atoms with Crippen LogP contribution in [0.15, 0.2) is 36.4 Å². The number of nitrogens with one attached hydrogen (secondary N) is 1. The molecule has 0 aromatic heterocycles. The van der Waals surface area contributed by atoms with Crippen LogP contribution in [0.5, 0.6) is 11.5 Å². The number of hydrogen-bond acceptors (Lipinski definition) is 4. The van der Waals surface area contributed by atoms with Crippen molar-refractivity contribution in [3.63, 3.8) is 0 Å². The summed E-state index contributed by atoms with van der Waals surface area (Å²) in [4.78, 5) is 25.5. The Morgan fingerprint density at radius 1 is 1.26 bits per heavy atom. The van der Waals surface area contributed by atoms with Crippen LogP contribution in [-0.4, -0.2) is 32.1 Å². The zero-order valence-corrected chi connectivity index (χ0v) is 16.0. The summed E-state index contributed by atoms with van der Waals surface area (Å²) in [6.07, 6.45) is 0. The van der Waals surface area contributed by atoms with Crippen molar-refractivity contribution >= 4 is 23.2 Å². The molecule has 0 saturated carbocycles. The molecule has 0 saturated heterocycles. The largest absolute Gasteiger partial charge is 0.484 e. The van der Waals surface area contributed by atoms with Crippen molar-refractivity contribution in [2.75, 3.05) is 30.5 Å². The normalized spacial score (nSPS) is 13.2. The van der Waals surface area contributed by atoms with E-state index in [1.807, 2.05) is 25.1 Å². The molecule has 3 rings (SSSR count). The number of benzene rings is 2. The number of likely N-dealkylation sites (N-methyl/N-ethyl adjacent to an activating group) is 1. The molecule has 142 valence electrons. The predicted octanol–water partition coefficient (Wildman–Crippen LogP) is 3.49. The maximum atomic E-state index is 12.2. The highest BCUT2D eigenvalue weighted by Gasteiger charge is 2.22. The van der Waals surface area contributed by atoms with Gasteiger partial charge in [0.05, 0.1) is 5.69 Å². The Balaban J connectivity index is 1.62. The van der Waals surface area contributed by atoms with Gasteiger partial charge in [0.2, 0.25) is 0 Å². The average molecular weight is 368 g/mol. The molecule has 0 aliphatic carbocycles. The molecule has 2 amide bonds. The molecule has 27 heavy (non-hydrogen) atoms. The Labute approximate surface area is 159 Å². The summed E-state index contributed by atoms with van der Waals surface area (Å²) in [5.41, 5.74) is 3.62. The highest BCUT2D eigenvalue weighted by atomic mass is 16.5. The summed E-state index contributed by atoms with van der Waals surface area (Å²) in [5, 5.41) is 2.78. The number of hydrogen-bond donors (Lipinski definition) is 1. The first-order valence-electron chi connectivity index (χ1n) is 8.91. The molecule has 0 atom stereocenters. The molecular weight excluding hydrogens is 344 g/mol. The minimum atomic E-state index is -0.272. The van der Waals surface area contributed by atoms with Gasteiger partial charge in [0.25, 0.3) is 11.8 Å². The molecule has 1 heterocycles. The van der Waals surface area contributed by atoms with Crippen LogP contribution in [0.4, 0.5) is 11.4 Å². The maximum Gasteiger partial charge on any atom is 0.264 e. The van der Waals surface area contributed by atoms with E-state index >= 15 is 0 Å². The highest BCUT2D eigenvalue weighted by molar-refractivity contribution is 5.99. The highest BCUT2D eigenvalue weighted by Crippen LogP contribution is 2.33. The summed E-state index contributed by atoms with van der Waals surface area (Å²) in [6, 6.07) is 11.0. The second-order valence-corrected chi connectivity index (χ2v) is 6.93. The van der Waals surface area contributed by atoms with Gasteiger partial charge in [-0.15, -0.1) is 0 Å². The first kappa shape index (κ1) is 18.8. The van der Waals surface area contributed by atoms with Gasteiger partial charge in [0.15, 0.2) is 13.2 Å². The first-order chi connectivity index (χ1) is 12.8. The number of carbonyl (C=O) groups excluding carboxylic acids is 2. The fourth-order valence-electron chi connectivity index (χ4n) is 3.08. The van der Waals surface area contributed by atoms with Crippen molar-refractivity contribution in [1.82, 2.24) is 0 Å². The van der Waals surface area contributed by atoms with E-state index < -0.39 is 0 Å². The topological polar surface area (TPSA) is 67.9 Å². The van der Waals surface area contributed by atoms with Crippen LogP contribution >= 0.6 is 0 Å². The first-order valence-corrected chi connectivity index (χ1v) is 8.91. The number of aryl methyl sites for hydroxylation is 1. The fourth-order valence-corrected chi connectivity index (χ4v) is 3.08. The van der Waals surface area contributed by atoms with Gasteiger partial charge in [0.1, 0.15) is 11.5 Å². The Morgan fingerprint density at radius 2 is 2.04 bits per heavy atom. The van der Waals surface area contributed by atoms with Crippen molar-refractivity contribution < 1.29 is 19.1 Å². The van der Waals surface area contributed by atoms with Crippen molar-refractivity contribution in [3.8, 4) is 11.5 Å². The summed E-state index contributed by atoms with van der Waals surface area (Å²) in [5.74, 6) is 1.32. The number of ether oxygens (including phenoxy) is 2. The van der Waals surface area contributed by atoms with Crippen molar-refractivity contribution in [1.29, 1.82) is 0 Å². The lowest BCUT2D eigenvalue weighted by Gasteiger charge is -2.26. The van der Waals surface area contributed by atoms with Crippen LogP contribution in [-0.2, 0) is 9.59 Å². The third-order valence-corrected chi connectivity index (χ3v) is 4.56. The molecule has 1 N–H and O–H groups in total. The van der Waals surface area contributed by atoms with Gasteiger partial charge in [-0.25, -0.2) is 0 Å². The summed E-state index contributed by atoms with van der Waals surface area (Å²) >= 11 is 0. The molecule has 0 bridgehead atoms. The molecule has 2 aromatic carbocycles. The van der Waals surface area contributed by atoms with Gasteiger partial charge in [-0.3, -0.25) is 9.59 Å². The molecule has 6 heteroatoms. The van der Waals surface area contributed by atoms with Gasteiger partial charge in [-0.05, 0) is 54.3 Å². The van der Waals surface area contributed by atoms with Crippen LogP contribution in [0.3, 0.4) is 0 Å². The monoisotopic (exact) mass is 368 g/mol. The number of rotatable bonds is 5. The Morgan fingerprint density at radius 3 is 2.74 bits per heavy atom.